The first-order valence-electron chi connectivity index (χ1n) is 5.25. The number of likely N-dealkylation sites (N-methyl/N-ethyl adjacent to an activating group) is 1. The highest BCUT2D eigenvalue weighted by molar-refractivity contribution is 6.31. The van der Waals surface area contributed by atoms with Crippen LogP contribution in [0.15, 0.2) is 18.2 Å². The molecule has 0 spiro atoms. The van der Waals surface area contributed by atoms with Crippen LogP contribution in [0.2, 0.25) is 10.3 Å². The highest BCUT2D eigenvalue weighted by Crippen LogP contribution is 2.14. The van der Waals surface area contributed by atoms with Gasteiger partial charge in [0.2, 0.25) is 5.91 Å². The second-order valence-corrected chi connectivity index (χ2v) is 4.61. The number of rotatable bonds is 5. The molecule has 0 fully saturated rings. The maximum atomic E-state index is 11.5. The number of hydrogen-bond donors (Lipinski definition) is 1. The van der Waals surface area contributed by atoms with E-state index < -0.39 is 0 Å². The fourth-order valence-corrected chi connectivity index (χ4v) is 1.45. The highest BCUT2D eigenvalue weighted by atomic mass is 35.5. The molecule has 0 atom stereocenters. The van der Waals surface area contributed by atoms with Crippen LogP contribution >= 0.6 is 23.2 Å². The van der Waals surface area contributed by atoms with Gasteiger partial charge in [-0.05, 0) is 20.2 Å². The molecule has 1 aromatic heterocycles. The Morgan fingerprint density at radius 2 is 2.17 bits per heavy atom. The molecule has 0 aliphatic heterocycles. The van der Waals surface area contributed by atoms with Gasteiger partial charge < -0.3 is 10.2 Å². The fraction of sp³-hybridized carbons (Fsp3) is 0.364. The molecular weight excluding hydrogens is 275 g/mol. The van der Waals surface area contributed by atoms with Crippen LogP contribution in [-0.2, 0) is 11.3 Å². The van der Waals surface area contributed by atoms with Crippen LogP contribution in [0.25, 0.3) is 0 Å². The maximum absolute atomic E-state index is 11.5. The highest BCUT2D eigenvalue weighted by Gasteiger charge is 2.05. The molecule has 0 aromatic carbocycles. The van der Waals surface area contributed by atoms with Crippen molar-refractivity contribution < 1.29 is 4.79 Å². The topological polar surface area (TPSA) is 58.1 Å². The molecule has 7 heteroatoms. The zero-order chi connectivity index (χ0) is 13.5. The number of hydrogen-bond acceptors (Lipinski definition) is 4. The number of nitrogens with zero attached hydrogens (tertiary/aromatic N) is 3. The SMILES string of the molecule is CN(C)C/C=C/C(=O)NCc1cc(Cl)nnc1Cl. The average Bonchev–Trinajstić information content (AvgIpc) is 2.30. The molecule has 0 unspecified atom stereocenters. The van der Waals surface area contributed by atoms with Crippen LogP contribution in [0.3, 0.4) is 0 Å². The molecule has 18 heavy (non-hydrogen) atoms. The Labute approximate surface area is 116 Å². The van der Waals surface area contributed by atoms with Crippen molar-refractivity contribution >= 4 is 29.1 Å². The van der Waals surface area contributed by atoms with E-state index >= 15 is 0 Å². The molecule has 0 aliphatic rings. The normalized spacial score (nSPS) is 11.2. The molecule has 0 saturated carbocycles. The number of carbonyl (C=O) groups excluding carboxylic acids is 1. The first kappa shape index (κ1) is 14.9. The summed E-state index contributed by atoms with van der Waals surface area (Å²) in [6.45, 7) is 0.968. The minimum Gasteiger partial charge on any atom is -0.348 e. The van der Waals surface area contributed by atoms with Gasteiger partial charge in [0.05, 0.1) is 0 Å². The van der Waals surface area contributed by atoms with Crippen molar-refractivity contribution in [3.05, 3.63) is 34.1 Å². The van der Waals surface area contributed by atoms with E-state index in [0.29, 0.717) is 12.1 Å². The summed E-state index contributed by atoms with van der Waals surface area (Å²) in [4.78, 5) is 13.4. The lowest BCUT2D eigenvalue weighted by molar-refractivity contribution is -0.116. The van der Waals surface area contributed by atoms with Crippen LogP contribution in [0.5, 0.6) is 0 Å². The second kappa shape index (κ2) is 7.31. The number of nitrogens with one attached hydrogen (secondary N) is 1. The minimum atomic E-state index is -0.194. The summed E-state index contributed by atoms with van der Waals surface area (Å²) in [5.41, 5.74) is 0.631. The summed E-state index contributed by atoms with van der Waals surface area (Å²) in [6, 6.07) is 1.57. The van der Waals surface area contributed by atoms with Crippen molar-refractivity contribution in [2.24, 2.45) is 0 Å². The first-order valence-corrected chi connectivity index (χ1v) is 6.01. The van der Waals surface area contributed by atoms with Gasteiger partial charge in [0.1, 0.15) is 0 Å². The molecule has 0 saturated heterocycles. The lowest BCUT2D eigenvalue weighted by Crippen LogP contribution is -2.21. The molecule has 0 aliphatic carbocycles. The van der Waals surface area contributed by atoms with Crippen LogP contribution in [0, 0.1) is 0 Å². The fourth-order valence-electron chi connectivity index (χ4n) is 1.12. The van der Waals surface area contributed by atoms with E-state index in [1.54, 1.807) is 12.1 Å². The van der Waals surface area contributed by atoms with Crippen molar-refractivity contribution in [3.63, 3.8) is 0 Å². The quantitative estimate of drug-likeness (QED) is 0.835. The smallest absolute Gasteiger partial charge is 0.243 e. The Morgan fingerprint density at radius 3 is 2.83 bits per heavy atom. The van der Waals surface area contributed by atoms with Gasteiger partial charge >= 0.3 is 0 Å². The lowest BCUT2D eigenvalue weighted by atomic mass is 10.3. The van der Waals surface area contributed by atoms with E-state index in [0.717, 1.165) is 0 Å². The average molecular weight is 289 g/mol. The summed E-state index contributed by atoms with van der Waals surface area (Å²) < 4.78 is 0. The standard InChI is InChI=1S/C11H14Cl2N4O/c1-17(2)5-3-4-10(18)14-7-8-6-9(12)15-16-11(8)13/h3-4,6H,5,7H2,1-2H3,(H,14,18)/b4-3+. The molecular formula is C11H14Cl2N4O. The van der Waals surface area contributed by atoms with Gasteiger partial charge in [-0.15, -0.1) is 10.2 Å². The Balaban J connectivity index is 2.47. The zero-order valence-electron chi connectivity index (χ0n) is 10.2. The van der Waals surface area contributed by atoms with E-state index in [1.807, 2.05) is 19.0 Å². The zero-order valence-corrected chi connectivity index (χ0v) is 11.7. The minimum absolute atomic E-state index is 0.194. The number of aromatic nitrogens is 2. The Morgan fingerprint density at radius 1 is 1.44 bits per heavy atom. The van der Waals surface area contributed by atoms with Crippen LogP contribution < -0.4 is 5.32 Å². The van der Waals surface area contributed by atoms with Crippen LogP contribution in [0.4, 0.5) is 0 Å². The van der Waals surface area contributed by atoms with Gasteiger partial charge in [0.15, 0.2) is 10.3 Å². The van der Waals surface area contributed by atoms with Gasteiger partial charge in [-0.1, -0.05) is 29.3 Å². The molecule has 1 N–H and O–H groups in total. The molecule has 0 radical (unpaired) electrons. The second-order valence-electron chi connectivity index (χ2n) is 3.87. The third-order valence-corrected chi connectivity index (χ3v) is 2.49. The molecule has 5 nitrogen and oxygen atoms in total. The van der Waals surface area contributed by atoms with Crippen molar-refractivity contribution in [2.45, 2.75) is 6.54 Å². The van der Waals surface area contributed by atoms with Crippen molar-refractivity contribution in [3.8, 4) is 0 Å². The summed E-state index contributed by atoms with van der Waals surface area (Å²) in [5.74, 6) is -0.194. The van der Waals surface area contributed by atoms with E-state index in [1.165, 1.54) is 6.08 Å². The molecule has 0 bridgehead atoms. The maximum Gasteiger partial charge on any atom is 0.243 e. The Kier molecular flexibility index (Phi) is 6.04. The largest absolute Gasteiger partial charge is 0.348 e. The lowest BCUT2D eigenvalue weighted by Gasteiger charge is -2.05. The van der Waals surface area contributed by atoms with Gasteiger partial charge in [0, 0.05) is 24.7 Å². The molecule has 1 heterocycles. The van der Waals surface area contributed by atoms with Crippen molar-refractivity contribution in [2.75, 3.05) is 20.6 Å². The number of amides is 1. The number of carbonyl (C=O) groups is 1. The molecule has 1 amide bonds. The first-order chi connectivity index (χ1) is 8.49. The number of halogens is 2. The Hall–Kier alpha value is -1.17. The van der Waals surface area contributed by atoms with E-state index in [-0.39, 0.29) is 22.8 Å². The van der Waals surface area contributed by atoms with Crippen LogP contribution in [0.1, 0.15) is 5.56 Å². The monoisotopic (exact) mass is 288 g/mol. The van der Waals surface area contributed by atoms with Crippen molar-refractivity contribution in [1.29, 1.82) is 0 Å². The van der Waals surface area contributed by atoms with Gasteiger partial charge in [-0.25, -0.2) is 0 Å². The Bertz CT molecular complexity index is 449. The van der Waals surface area contributed by atoms with Gasteiger partial charge in [0.25, 0.3) is 0 Å². The van der Waals surface area contributed by atoms with Gasteiger partial charge in [-0.3, -0.25) is 4.79 Å². The molecule has 1 aromatic rings. The van der Waals surface area contributed by atoms with Crippen LogP contribution in [-0.4, -0.2) is 41.6 Å². The molecule has 98 valence electrons. The third kappa shape index (κ3) is 5.44. The van der Waals surface area contributed by atoms with E-state index in [9.17, 15) is 4.79 Å². The third-order valence-electron chi connectivity index (χ3n) is 1.98. The molecule has 1 rings (SSSR count). The van der Waals surface area contributed by atoms with Crippen molar-refractivity contribution in [1.82, 2.24) is 20.4 Å². The summed E-state index contributed by atoms with van der Waals surface area (Å²) >= 11 is 11.5. The summed E-state index contributed by atoms with van der Waals surface area (Å²) in [7, 11) is 3.85. The summed E-state index contributed by atoms with van der Waals surface area (Å²) in [5, 5.41) is 10.4. The predicted octanol–water partition coefficient (Wildman–Crippen LogP) is 1.52. The summed E-state index contributed by atoms with van der Waals surface area (Å²) in [6.07, 6.45) is 3.25. The van der Waals surface area contributed by atoms with Gasteiger partial charge in [-0.2, -0.15) is 0 Å². The van der Waals surface area contributed by atoms with E-state index in [4.69, 9.17) is 23.2 Å². The van der Waals surface area contributed by atoms with E-state index in [2.05, 4.69) is 15.5 Å². The predicted molar refractivity (Wildman–Crippen MR) is 71.6 cm³/mol.